The van der Waals surface area contributed by atoms with Gasteiger partial charge in [0.05, 0.1) is 5.02 Å². The van der Waals surface area contributed by atoms with Crippen molar-refractivity contribution in [3.63, 3.8) is 0 Å². The van der Waals surface area contributed by atoms with E-state index in [9.17, 15) is 0 Å². The maximum Gasteiger partial charge on any atom is 0.126 e. The molecule has 0 aromatic carbocycles. The van der Waals surface area contributed by atoms with Crippen molar-refractivity contribution in [3.05, 3.63) is 22.8 Å². The molecule has 72 valence electrons. The zero-order valence-electron chi connectivity index (χ0n) is 7.89. The minimum atomic E-state index is 0.705. The summed E-state index contributed by atoms with van der Waals surface area (Å²) in [6.07, 6.45) is 1.67. The third kappa shape index (κ3) is 2.86. The summed E-state index contributed by atoms with van der Waals surface area (Å²) in [4.78, 5) is 4.14. The van der Waals surface area contributed by atoms with Crippen LogP contribution < -0.4 is 10.6 Å². The summed E-state index contributed by atoms with van der Waals surface area (Å²) in [5.74, 6) is 0.872. The molecule has 0 saturated carbocycles. The first-order valence-electron chi connectivity index (χ1n) is 4.30. The van der Waals surface area contributed by atoms with Crippen LogP contribution in [-0.4, -0.2) is 18.6 Å². The van der Waals surface area contributed by atoms with E-state index in [-0.39, 0.29) is 0 Å². The minimum absolute atomic E-state index is 0.705. The van der Waals surface area contributed by atoms with E-state index < -0.39 is 0 Å². The van der Waals surface area contributed by atoms with Crippen molar-refractivity contribution < 1.29 is 0 Å². The minimum Gasteiger partial charge on any atom is -0.370 e. The van der Waals surface area contributed by atoms with Gasteiger partial charge >= 0.3 is 0 Å². The first-order valence-corrected chi connectivity index (χ1v) is 4.68. The van der Waals surface area contributed by atoms with E-state index in [2.05, 4.69) is 15.6 Å². The van der Waals surface area contributed by atoms with E-state index >= 15 is 0 Å². The van der Waals surface area contributed by atoms with Gasteiger partial charge in [0.1, 0.15) is 5.82 Å². The van der Waals surface area contributed by atoms with Crippen molar-refractivity contribution in [1.82, 2.24) is 10.3 Å². The molecule has 0 aliphatic carbocycles. The smallest absolute Gasteiger partial charge is 0.126 e. The van der Waals surface area contributed by atoms with Crippen LogP contribution in [0.25, 0.3) is 0 Å². The summed E-state index contributed by atoms with van der Waals surface area (Å²) >= 11 is 5.94. The zero-order chi connectivity index (χ0) is 9.68. The molecule has 0 aliphatic heterocycles. The number of hydrogen-bond donors (Lipinski definition) is 2. The summed E-state index contributed by atoms with van der Waals surface area (Å²) in [6.45, 7) is 3.67. The molecule has 2 N–H and O–H groups in total. The molecule has 0 amide bonds. The number of aromatic nitrogens is 1. The maximum atomic E-state index is 5.94. The van der Waals surface area contributed by atoms with Gasteiger partial charge in [0, 0.05) is 19.3 Å². The van der Waals surface area contributed by atoms with Crippen LogP contribution in [0.2, 0.25) is 5.02 Å². The fourth-order valence-electron chi connectivity index (χ4n) is 1.08. The number of pyridine rings is 1. The van der Waals surface area contributed by atoms with Gasteiger partial charge in [0.15, 0.2) is 0 Å². The molecular weight excluding hydrogens is 186 g/mol. The molecule has 13 heavy (non-hydrogen) atoms. The molecule has 0 unspecified atom stereocenters. The highest BCUT2D eigenvalue weighted by molar-refractivity contribution is 6.31. The van der Waals surface area contributed by atoms with E-state index in [0.717, 1.165) is 24.5 Å². The predicted octanol–water partition coefficient (Wildman–Crippen LogP) is 1.89. The zero-order valence-corrected chi connectivity index (χ0v) is 8.65. The number of hydrogen-bond acceptors (Lipinski definition) is 3. The monoisotopic (exact) mass is 199 g/mol. The van der Waals surface area contributed by atoms with Crippen LogP contribution in [0.1, 0.15) is 12.5 Å². The van der Waals surface area contributed by atoms with Crippen LogP contribution in [0.5, 0.6) is 0 Å². The highest BCUT2D eigenvalue weighted by Crippen LogP contribution is 2.17. The second-order valence-electron chi connectivity index (χ2n) is 2.72. The van der Waals surface area contributed by atoms with E-state index in [4.69, 9.17) is 11.6 Å². The Morgan fingerprint density at radius 2 is 2.31 bits per heavy atom. The van der Waals surface area contributed by atoms with Crippen molar-refractivity contribution in [1.29, 1.82) is 0 Å². The average Bonchev–Trinajstić information content (AvgIpc) is 2.12. The second kappa shape index (κ2) is 5.04. The molecule has 0 saturated heterocycles. The van der Waals surface area contributed by atoms with Gasteiger partial charge in [-0.2, -0.15) is 0 Å². The van der Waals surface area contributed by atoms with Crippen molar-refractivity contribution in [2.75, 3.05) is 18.9 Å². The van der Waals surface area contributed by atoms with Gasteiger partial charge in [0.25, 0.3) is 0 Å². The van der Waals surface area contributed by atoms with Crippen molar-refractivity contribution >= 4 is 17.4 Å². The summed E-state index contributed by atoms with van der Waals surface area (Å²) < 4.78 is 0. The fraction of sp³-hybridized carbons (Fsp3) is 0.444. The Morgan fingerprint density at radius 1 is 1.54 bits per heavy atom. The van der Waals surface area contributed by atoms with Gasteiger partial charge in [-0.1, -0.05) is 11.6 Å². The topological polar surface area (TPSA) is 37.0 Å². The Bertz CT molecular complexity index is 276. The third-order valence-electron chi connectivity index (χ3n) is 1.66. The molecule has 0 spiro atoms. The average molecular weight is 200 g/mol. The number of halogens is 1. The Labute approximate surface area is 83.5 Å². The van der Waals surface area contributed by atoms with E-state index in [1.165, 1.54) is 0 Å². The Balaban J connectivity index is 2.83. The number of rotatable bonds is 4. The highest BCUT2D eigenvalue weighted by Gasteiger charge is 2.01. The Hall–Kier alpha value is -0.800. The standard InChI is InChI=1S/C9H14ClN3/c1-3-12-9-4-7(5-11-2)8(10)6-13-9/h4,6,11H,3,5H2,1-2H3,(H,12,13). The summed E-state index contributed by atoms with van der Waals surface area (Å²) in [5.41, 5.74) is 1.06. The molecule has 1 aromatic heterocycles. The molecule has 0 radical (unpaired) electrons. The van der Waals surface area contributed by atoms with Crippen LogP contribution >= 0.6 is 11.6 Å². The Kier molecular flexibility index (Phi) is 3.99. The van der Waals surface area contributed by atoms with E-state index in [0.29, 0.717) is 5.02 Å². The van der Waals surface area contributed by atoms with E-state index in [1.54, 1.807) is 6.20 Å². The predicted molar refractivity (Wildman–Crippen MR) is 56.2 cm³/mol. The molecule has 0 atom stereocenters. The van der Waals surface area contributed by atoms with Crippen LogP contribution in [0.15, 0.2) is 12.3 Å². The largest absolute Gasteiger partial charge is 0.370 e. The molecule has 4 heteroatoms. The fourth-order valence-corrected chi connectivity index (χ4v) is 1.25. The number of anilines is 1. The van der Waals surface area contributed by atoms with Crippen LogP contribution in [0.3, 0.4) is 0 Å². The first-order chi connectivity index (χ1) is 6.27. The summed E-state index contributed by atoms with van der Waals surface area (Å²) in [5, 5.41) is 6.89. The van der Waals surface area contributed by atoms with Gasteiger partial charge < -0.3 is 10.6 Å². The van der Waals surface area contributed by atoms with Gasteiger partial charge in [-0.25, -0.2) is 4.98 Å². The third-order valence-corrected chi connectivity index (χ3v) is 2.00. The summed E-state index contributed by atoms with van der Waals surface area (Å²) in [7, 11) is 1.89. The lowest BCUT2D eigenvalue weighted by Crippen LogP contribution is -2.07. The van der Waals surface area contributed by atoms with E-state index in [1.807, 2.05) is 20.0 Å². The van der Waals surface area contributed by atoms with Crippen molar-refractivity contribution in [2.45, 2.75) is 13.5 Å². The molecule has 1 rings (SSSR count). The van der Waals surface area contributed by atoms with Crippen LogP contribution in [-0.2, 0) is 6.54 Å². The van der Waals surface area contributed by atoms with Crippen molar-refractivity contribution in [2.24, 2.45) is 0 Å². The molecule has 0 aliphatic rings. The number of nitrogens with zero attached hydrogens (tertiary/aromatic N) is 1. The van der Waals surface area contributed by atoms with Gasteiger partial charge in [-0.05, 0) is 25.6 Å². The Morgan fingerprint density at radius 3 is 2.92 bits per heavy atom. The lowest BCUT2D eigenvalue weighted by molar-refractivity contribution is 0.816. The van der Waals surface area contributed by atoms with Crippen molar-refractivity contribution in [3.8, 4) is 0 Å². The van der Waals surface area contributed by atoms with Gasteiger partial charge in [-0.3, -0.25) is 0 Å². The molecular formula is C9H14ClN3. The lowest BCUT2D eigenvalue weighted by atomic mass is 10.2. The molecule has 1 heterocycles. The lowest BCUT2D eigenvalue weighted by Gasteiger charge is -2.06. The molecule has 3 nitrogen and oxygen atoms in total. The van der Waals surface area contributed by atoms with Crippen LogP contribution in [0, 0.1) is 0 Å². The molecule has 0 fully saturated rings. The molecule has 1 aromatic rings. The SMILES string of the molecule is CCNc1cc(CNC)c(Cl)cn1. The maximum absolute atomic E-state index is 5.94. The highest BCUT2D eigenvalue weighted by atomic mass is 35.5. The quantitative estimate of drug-likeness (QED) is 0.778. The summed E-state index contributed by atoms with van der Waals surface area (Å²) in [6, 6.07) is 1.96. The van der Waals surface area contributed by atoms with Gasteiger partial charge in [-0.15, -0.1) is 0 Å². The second-order valence-corrected chi connectivity index (χ2v) is 3.13. The van der Waals surface area contributed by atoms with Gasteiger partial charge in [0.2, 0.25) is 0 Å². The van der Waals surface area contributed by atoms with Crippen LogP contribution in [0.4, 0.5) is 5.82 Å². The normalized spacial score (nSPS) is 10.1. The first kappa shape index (κ1) is 10.3. The molecule has 0 bridgehead atoms. The number of nitrogens with one attached hydrogen (secondary N) is 2.